The first-order chi connectivity index (χ1) is 21.0. The Hall–Kier alpha value is -3.61. The molecule has 3 aromatic heterocycles. The Morgan fingerprint density at radius 3 is 2.98 bits per heavy atom. The number of aromatic nitrogens is 5. The number of hydrogen-bond donors (Lipinski definition) is 3. The molecule has 1 aliphatic heterocycles. The second kappa shape index (κ2) is 12.9. The highest BCUT2D eigenvalue weighted by Gasteiger charge is 2.43. The summed E-state index contributed by atoms with van der Waals surface area (Å²) in [5.74, 6) is 0.0844. The van der Waals surface area contributed by atoms with Crippen molar-refractivity contribution in [1.82, 2.24) is 35.8 Å². The van der Waals surface area contributed by atoms with Crippen molar-refractivity contribution in [2.75, 3.05) is 44.9 Å². The van der Waals surface area contributed by atoms with E-state index < -0.39 is 5.82 Å². The monoisotopic (exact) mass is 610 g/mol. The lowest BCUT2D eigenvalue weighted by Crippen LogP contribution is -2.44. The van der Waals surface area contributed by atoms with Gasteiger partial charge in [-0.05, 0) is 56.8 Å². The number of piperidine rings is 1. The molecule has 0 amide bonds. The highest BCUT2D eigenvalue weighted by molar-refractivity contribution is 6.33. The van der Waals surface area contributed by atoms with E-state index in [1.807, 2.05) is 7.05 Å². The fraction of sp³-hybridized carbons (Fsp3) is 0.500. The summed E-state index contributed by atoms with van der Waals surface area (Å²) in [6, 6.07) is 2.18. The van der Waals surface area contributed by atoms with E-state index in [4.69, 9.17) is 26.1 Å². The van der Waals surface area contributed by atoms with Crippen LogP contribution in [0.5, 0.6) is 6.01 Å². The van der Waals surface area contributed by atoms with E-state index in [1.165, 1.54) is 0 Å². The van der Waals surface area contributed by atoms with E-state index in [2.05, 4.69) is 42.6 Å². The number of hydrogen-bond acceptors (Lipinski definition) is 10. The van der Waals surface area contributed by atoms with Gasteiger partial charge in [-0.1, -0.05) is 24.9 Å². The number of ether oxygens (including phenoxy) is 2. The topological polar surface area (TPSA) is 130 Å². The van der Waals surface area contributed by atoms with E-state index >= 15 is 4.39 Å². The number of pyridine rings is 1. The van der Waals surface area contributed by atoms with Crippen molar-refractivity contribution < 1.29 is 18.7 Å². The molecular formula is C30H36ClFN8O3. The average molecular weight is 611 g/mol. The Kier molecular flexibility index (Phi) is 8.87. The maximum absolute atomic E-state index is 16.8. The first-order valence-electron chi connectivity index (χ1n) is 14.9. The largest absolute Gasteiger partial charge is 0.468 e. The number of unbranched alkanes of at least 4 members (excludes halogenated alkanes) is 1. The summed E-state index contributed by atoms with van der Waals surface area (Å²) in [6.07, 6.45) is 8.16. The molecule has 0 bridgehead atoms. The number of aromatic amines is 1. The molecule has 0 radical (unpaired) electrons. The minimum absolute atomic E-state index is 0.0143. The zero-order valence-corrected chi connectivity index (χ0v) is 25.1. The maximum atomic E-state index is 16.8. The molecule has 13 heteroatoms. The summed E-state index contributed by atoms with van der Waals surface area (Å²) < 4.78 is 27.8. The van der Waals surface area contributed by atoms with E-state index in [0.717, 1.165) is 57.3 Å². The summed E-state index contributed by atoms with van der Waals surface area (Å²) in [4.78, 5) is 26.9. The highest BCUT2D eigenvalue weighted by Crippen LogP contribution is 2.54. The van der Waals surface area contributed by atoms with Gasteiger partial charge in [-0.15, -0.1) is 0 Å². The van der Waals surface area contributed by atoms with E-state index in [1.54, 1.807) is 18.5 Å². The van der Waals surface area contributed by atoms with Crippen molar-refractivity contribution in [3.63, 3.8) is 0 Å². The first kappa shape index (κ1) is 29.5. The number of nitrogens with one attached hydrogen (secondary N) is 3. The number of benzene rings is 1. The van der Waals surface area contributed by atoms with Crippen LogP contribution in [-0.2, 0) is 9.53 Å². The number of rotatable bonds is 13. The van der Waals surface area contributed by atoms with Gasteiger partial charge in [-0.2, -0.15) is 15.1 Å². The smallest absolute Gasteiger partial charge is 0.320 e. The molecule has 4 heterocycles. The van der Waals surface area contributed by atoms with Gasteiger partial charge in [0.25, 0.3) is 6.47 Å². The first-order valence-corrected chi connectivity index (χ1v) is 15.2. The van der Waals surface area contributed by atoms with Gasteiger partial charge in [0.2, 0.25) is 0 Å². The van der Waals surface area contributed by atoms with Crippen LogP contribution in [0.15, 0.2) is 18.5 Å². The maximum Gasteiger partial charge on any atom is 0.320 e. The molecule has 3 atom stereocenters. The highest BCUT2D eigenvalue weighted by atomic mass is 35.5. The summed E-state index contributed by atoms with van der Waals surface area (Å²) in [5, 5.41) is 15.4. The van der Waals surface area contributed by atoms with Gasteiger partial charge in [-0.25, -0.2) is 4.39 Å². The molecule has 0 spiro atoms. The van der Waals surface area contributed by atoms with Crippen molar-refractivity contribution in [2.45, 2.75) is 51.0 Å². The number of anilines is 1. The quantitative estimate of drug-likeness (QED) is 0.113. The van der Waals surface area contributed by atoms with Crippen molar-refractivity contribution >= 4 is 45.7 Å². The zero-order chi connectivity index (χ0) is 29.9. The molecule has 1 aromatic carbocycles. The third kappa shape index (κ3) is 5.96. The number of likely N-dealkylation sites (N-methyl/N-ethyl adjacent to an activating group) is 1. The number of fused-ring (bicyclic) bond motifs is 2. The minimum Gasteiger partial charge on any atom is -0.468 e. The summed E-state index contributed by atoms with van der Waals surface area (Å²) in [6.45, 7) is 5.35. The summed E-state index contributed by atoms with van der Waals surface area (Å²) in [5.41, 5.74) is 2.25. The molecule has 1 saturated carbocycles. The number of halogens is 2. The lowest BCUT2D eigenvalue weighted by molar-refractivity contribution is -0.129. The summed E-state index contributed by atoms with van der Waals surface area (Å²) >= 11 is 6.82. The molecule has 6 rings (SSSR count). The Bertz CT molecular complexity index is 1620. The predicted molar refractivity (Wildman–Crippen MR) is 163 cm³/mol. The van der Waals surface area contributed by atoms with Crippen LogP contribution >= 0.6 is 11.6 Å². The van der Waals surface area contributed by atoms with E-state index in [9.17, 15) is 4.79 Å². The van der Waals surface area contributed by atoms with Crippen LogP contribution in [0.2, 0.25) is 5.02 Å². The van der Waals surface area contributed by atoms with Gasteiger partial charge < -0.3 is 19.7 Å². The predicted octanol–water partition coefficient (Wildman–Crippen LogP) is 4.55. The van der Waals surface area contributed by atoms with Gasteiger partial charge in [-0.3, -0.25) is 20.2 Å². The Labute approximate surface area is 253 Å². The van der Waals surface area contributed by atoms with E-state index in [0.29, 0.717) is 39.2 Å². The van der Waals surface area contributed by atoms with Crippen LogP contribution in [0.4, 0.5) is 10.2 Å². The molecule has 1 saturated heterocycles. The Morgan fingerprint density at radius 1 is 1.28 bits per heavy atom. The molecule has 3 unspecified atom stereocenters. The lowest BCUT2D eigenvalue weighted by Gasteiger charge is -2.34. The fourth-order valence-electron chi connectivity index (χ4n) is 6.04. The Morgan fingerprint density at radius 2 is 2.16 bits per heavy atom. The minimum atomic E-state index is -0.584. The molecule has 3 N–H and O–H groups in total. The number of carbonyl (C=O) groups excluding carboxylic acids is 1. The molecule has 1 aliphatic carbocycles. The molecule has 228 valence electrons. The normalized spacial score (nSPS) is 20.1. The van der Waals surface area contributed by atoms with Crippen LogP contribution in [0.25, 0.3) is 33.1 Å². The number of H-pyrrole nitrogens is 1. The van der Waals surface area contributed by atoms with Gasteiger partial charge in [0.1, 0.15) is 23.8 Å². The van der Waals surface area contributed by atoms with Crippen molar-refractivity contribution in [3.8, 4) is 17.3 Å². The van der Waals surface area contributed by atoms with Crippen LogP contribution in [0, 0.1) is 11.7 Å². The standard InChI is InChI=1S/C30H36ClFN8O3/c1-3-4-7-34-15-43-30-37-27-21(29(38-30)40-8-5-6-18(13-40)33-2)11-35-28(26(27)32)25-20-12-36-39-23(20)10-22(31)24(25)19-9-17(19)14-42-16-41/h10-12,16-19,33-34H,3-9,13-15H2,1-2H3,(H,36,39). The average Bonchev–Trinajstić information content (AvgIpc) is 3.63. The second-order valence-corrected chi connectivity index (χ2v) is 11.6. The van der Waals surface area contributed by atoms with Gasteiger partial charge in [0.15, 0.2) is 5.82 Å². The Balaban J connectivity index is 1.47. The molecule has 11 nitrogen and oxygen atoms in total. The summed E-state index contributed by atoms with van der Waals surface area (Å²) in [7, 11) is 1.95. The van der Waals surface area contributed by atoms with Crippen LogP contribution in [-0.4, -0.2) is 77.7 Å². The zero-order valence-electron chi connectivity index (χ0n) is 24.3. The van der Waals surface area contributed by atoms with Gasteiger partial charge in [0.05, 0.1) is 23.7 Å². The van der Waals surface area contributed by atoms with Crippen LogP contribution in [0.3, 0.4) is 0 Å². The van der Waals surface area contributed by atoms with Crippen molar-refractivity contribution in [2.24, 2.45) is 5.92 Å². The van der Waals surface area contributed by atoms with Crippen LogP contribution < -0.4 is 20.3 Å². The molecular weight excluding hydrogens is 575 g/mol. The van der Waals surface area contributed by atoms with Crippen molar-refractivity contribution in [3.05, 3.63) is 34.9 Å². The molecule has 4 aromatic rings. The molecule has 2 fully saturated rings. The SMILES string of the molecule is CCCCNCOc1nc(N2CCCC(NC)C2)c2cnc(-c3c(C4CC4COC=O)c(Cl)cc4[nH]ncc34)c(F)c2n1. The number of carbonyl (C=O) groups is 1. The lowest BCUT2D eigenvalue weighted by atomic mass is 9.94. The third-order valence-electron chi connectivity index (χ3n) is 8.43. The fourth-order valence-corrected chi connectivity index (χ4v) is 6.38. The van der Waals surface area contributed by atoms with Gasteiger partial charge in [0, 0.05) is 47.2 Å². The van der Waals surface area contributed by atoms with Crippen molar-refractivity contribution in [1.29, 1.82) is 0 Å². The van der Waals surface area contributed by atoms with Gasteiger partial charge >= 0.3 is 6.01 Å². The number of nitrogens with zero attached hydrogens (tertiary/aromatic N) is 5. The van der Waals surface area contributed by atoms with E-state index in [-0.39, 0.29) is 48.4 Å². The third-order valence-corrected chi connectivity index (χ3v) is 8.74. The second-order valence-electron chi connectivity index (χ2n) is 11.2. The van der Waals surface area contributed by atoms with Crippen LogP contribution in [0.1, 0.15) is 50.5 Å². The molecule has 43 heavy (non-hydrogen) atoms. The molecule has 2 aliphatic rings.